The van der Waals surface area contributed by atoms with Crippen molar-refractivity contribution >= 4 is 35.0 Å². The van der Waals surface area contributed by atoms with Gasteiger partial charge in [0, 0.05) is 19.2 Å². The number of carbonyl (C=O) groups excluding carboxylic acids is 3. The van der Waals surface area contributed by atoms with E-state index in [-0.39, 0.29) is 34.8 Å². The molecule has 0 atom stereocenters. The molecule has 0 bridgehead atoms. The molecule has 160 valence electrons. The molecule has 8 nitrogen and oxygen atoms in total. The predicted molar refractivity (Wildman–Crippen MR) is 101 cm³/mol. The number of benzene rings is 1. The molecule has 3 amide bonds. The van der Waals surface area contributed by atoms with Crippen LogP contribution in [0.25, 0.3) is 0 Å². The minimum absolute atomic E-state index is 0.0232. The van der Waals surface area contributed by atoms with Crippen LogP contribution in [0.1, 0.15) is 27.1 Å². The fourth-order valence-electron chi connectivity index (χ4n) is 2.19. The Hall–Kier alpha value is -3.34. The maximum atomic E-state index is 12.4. The van der Waals surface area contributed by atoms with Crippen molar-refractivity contribution in [2.24, 2.45) is 5.73 Å². The van der Waals surface area contributed by atoms with Crippen LogP contribution in [0.2, 0.25) is 5.02 Å². The van der Waals surface area contributed by atoms with Crippen LogP contribution in [0, 0.1) is 0 Å². The molecule has 0 radical (unpaired) electrons. The first-order chi connectivity index (χ1) is 14.1. The number of primary amides is 1. The Morgan fingerprint density at radius 1 is 1.17 bits per heavy atom. The van der Waals surface area contributed by atoms with Crippen molar-refractivity contribution < 1.29 is 32.3 Å². The number of hydrogen-bond acceptors (Lipinski definition) is 5. The lowest BCUT2D eigenvalue weighted by Gasteiger charge is -2.12. The minimum atomic E-state index is -4.57. The SMILES string of the molecule is NC(=O)CCNC(=O)c1ccccc1NC(=O)c1cnc(OCC(F)(F)F)c(Cl)c1. The summed E-state index contributed by atoms with van der Waals surface area (Å²) in [6, 6.07) is 7.16. The van der Waals surface area contributed by atoms with Crippen LogP contribution in [-0.2, 0) is 4.79 Å². The summed E-state index contributed by atoms with van der Waals surface area (Å²) in [7, 11) is 0. The highest BCUT2D eigenvalue weighted by atomic mass is 35.5. The molecule has 4 N–H and O–H groups in total. The molecule has 0 saturated carbocycles. The standard InChI is InChI=1S/C18H16ClF3N4O4/c19-12-7-10(8-25-17(12)30-9-18(20,21)22)15(28)26-13-4-2-1-3-11(13)16(29)24-6-5-14(23)27/h1-4,7-8H,5-6,9H2,(H2,23,27)(H,24,29)(H,26,28). The number of hydrogen-bond donors (Lipinski definition) is 3. The average Bonchev–Trinajstić information content (AvgIpc) is 2.66. The number of amides is 3. The quantitative estimate of drug-likeness (QED) is 0.577. The topological polar surface area (TPSA) is 123 Å². The zero-order chi connectivity index (χ0) is 22.3. The third kappa shape index (κ3) is 6.92. The van der Waals surface area contributed by atoms with E-state index in [1.165, 1.54) is 12.1 Å². The van der Waals surface area contributed by atoms with Crippen molar-refractivity contribution in [2.45, 2.75) is 12.6 Å². The van der Waals surface area contributed by atoms with E-state index in [0.717, 1.165) is 12.3 Å². The second-order valence-corrected chi connectivity index (χ2v) is 6.29. The first-order valence-corrected chi connectivity index (χ1v) is 8.76. The van der Waals surface area contributed by atoms with Crippen molar-refractivity contribution in [3.63, 3.8) is 0 Å². The van der Waals surface area contributed by atoms with Crippen LogP contribution < -0.4 is 21.1 Å². The highest BCUT2D eigenvalue weighted by molar-refractivity contribution is 6.32. The maximum absolute atomic E-state index is 12.4. The Morgan fingerprint density at radius 3 is 2.50 bits per heavy atom. The van der Waals surface area contributed by atoms with E-state index in [9.17, 15) is 27.6 Å². The highest BCUT2D eigenvalue weighted by Gasteiger charge is 2.29. The lowest BCUT2D eigenvalue weighted by molar-refractivity contribution is -0.154. The number of nitrogens with two attached hydrogens (primary N) is 1. The smallest absolute Gasteiger partial charge is 0.422 e. The summed E-state index contributed by atoms with van der Waals surface area (Å²) in [6.45, 7) is -1.56. The highest BCUT2D eigenvalue weighted by Crippen LogP contribution is 2.25. The van der Waals surface area contributed by atoms with Crippen LogP contribution in [0.15, 0.2) is 36.5 Å². The zero-order valence-corrected chi connectivity index (χ0v) is 16.0. The summed E-state index contributed by atoms with van der Waals surface area (Å²) >= 11 is 5.83. The Morgan fingerprint density at radius 2 is 1.87 bits per heavy atom. The van der Waals surface area contributed by atoms with Gasteiger partial charge in [0.2, 0.25) is 11.8 Å². The molecule has 12 heteroatoms. The van der Waals surface area contributed by atoms with Crippen molar-refractivity contribution in [1.82, 2.24) is 10.3 Å². The molecule has 30 heavy (non-hydrogen) atoms. The number of carbonyl (C=O) groups is 3. The van der Waals surface area contributed by atoms with Gasteiger partial charge in [-0.1, -0.05) is 23.7 Å². The van der Waals surface area contributed by atoms with Gasteiger partial charge < -0.3 is 21.1 Å². The van der Waals surface area contributed by atoms with Crippen LogP contribution in [-0.4, -0.2) is 42.0 Å². The van der Waals surface area contributed by atoms with Crippen molar-refractivity contribution in [3.05, 3.63) is 52.7 Å². The number of halogens is 4. The third-order valence-electron chi connectivity index (χ3n) is 3.52. The number of nitrogens with one attached hydrogen (secondary N) is 2. The largest absolute Gasteiger partial charge is 0.467 e. The number of aromatic nitrogens is 1. The van der Waals surface area contributed by atoms with Crippen LogP contribution in [0.3, 0.4) is 0 Å². The Labute approximate surface area is 173 Å². The second-order valence-electron chi connectivity index (χ2n) is 5.89. The first kappa shape index (κ1) is 22.9. The van der Waals surface area contributed by atoms with Gasteiger partial charge in [-0.3, -0.25) is 14.4 Å². The number of anilines is 1. The molecule has 0 aliphatic heterocycles. The lowest BCUT2D eigenvalue weighted by Crippen LogP contribution is -2.28. The molecular weight excluding hydrogens is 429 g/mol. The third-order valence-corrected chi connectivity index (χ3v) is 3.79. The van der Waals surface area contributed by atoms with Crippen LogP contribution >= 0.6 is 11.6 Å². The predicted octanol–water partition coefficient (Wildman–Crippen LogP) is 2.53. The molecule has 1 aromatic carbocycles. The summed E-state index contributed by atoms with van der Waals surface area (Å²) in [5.41, 5.74) is 5.23. The molecular formula is C18H16ClF3N4O4. The van der Waals surface area contributed by atoms with Crippen molar-refractivity contribution in [3.8, 4) is 5.88 Å². The van der Waals surface area contributed by atoms with Gasteiger partial charge >= 0.3 is 6.18 Å². The van der Waals surface area contributed by atoms with E-state index in [1.54, 1.807) is 12.1 Å². The van der Waals surface area contributed by atoms with E-state index in [1.807, 2.05) is 0 Å². The summed E-state index contributed by atoms with van der Waals surface area (Å²) < 4.78 is 41.2. The number of pyridine rings is 1. The fourth-order valence-corrected chi connectivity index (χ4v) is 2.41. The summed E-state index contributed by atoms with van der Waals surface area (Å²) in [5, 5.41) is 4.70. The average molecular weight is 445 g/mol. The molecule has 1 aromatic heterocycles. The fraction of sp³-hybridized carbons (Fsp3) is 0.222. The van der Waals surface area contributed by atoms with E-state index >= 15 is 0 Å². The van der Waals surface area contributed by atoms with Gasteiger partial charge in [-0.15, -0.1) is 0 Å². The molecule has 1 heterocycles. The van der Waals surface area contributed by atoms with E-state index in [2.05, 4.69) is 20.4 Å². The monoisotopic (exact) mass is 444 g/mol. The zero-order valence-electron chi connectivity index (χ0n) is 15.3. The van der Waals surface area contributed by atoms with Gasteiger partial charge in [0.15, 0.2) is 6.61 Å². The number of para-hydroxylation sites is 1. The van der Waals surface area contributed by atoms with Gasteiger partial charge in [0.05, 0.1) is 16.8 Å². The number of rotatable bonds is 8. The molecule has 0 spiro atoms. The van der Waals surface area contributed by atoms with Gasteiger partial charge in [-0.25, -0.2) is 4.98 Å². The lowest BCUT2D eigenvalue weighted by atomic mass is 10.1. The normalized spacial score (nSPS) is 10.9. The number of nitrogens with zero attached hydrogens (tertiary/aromatic N) is 1. The van der Waals surface area contributed by atoms with E-state index in [4.69, 9.17) is 17.3 Å². The molecule has 0 saturated heterocycles. The minimum Gasteiger partial charge on any atom is -0.467 e. The number of ether oxygens (including phenoxy) is 1. The summed E-state index contributed by atoms with van der Waals surface area (Å²) in [6.07, 6.45) is -3.63. The summed E-state index contributed by atoms with van der Waals surface area (Å²) in [4.78, 5) is 39.1. The van der Waals surface area contributed by atoms with Gasteiger partial charge in [0.25, 0.3) is 11.8 Å². The van der Waals surface area contributed by atoms with Gasteiger partial charge in [-0.2, -0.15) is 13.2 Å². The van der Waals surface area contributed by atoms with E-state index < -0.39 is 36.4 Å². The van der Waals surface area contributed by atoms with Gasteiger partial charge in [0.1, 0.15) is 5.02 Å². The molecule has 2 aromatic rings. The molecule has 0 aliphatic carbocycles. The Kier molecular flexibility index (Phi) is 7.59. The van der Waals surface area contributed by atoms with E-state index in [0.29, 0.717) is 0 Å². The maximum Gasteiger partial charge on any atom is 0.422 e. The second kappa shape index (κ2) is 9.92. The molecule has 0 fully saturated rings. The van der Waals surface area contributed by atoms with Crippen LogP contribution in [0.4, 0.5) is 18.9 Å². The van der Waals surface area contributed by atoms with Crippen LogP contribution in [0.5, 0.6) is 5.88 Å². The Bertz CT molecular complexity index is 953. The number of alkyl halides is 3. The first-order valence-electron chi connectivity index (χ1n) is 8.39. The summed E-state index contributed by atoms with van der Waals surface area (Å²) in [5.74, 6) is -2.30. The van der Waals surface area contributed by atoms with Crippen molar-refractivity contribution in [2.75, 3.05) is 18.5 Å². The molecule has 0 unspecified atom stereocenters. The van der Waals surface area contributed by atoms with Gasteiger partial charge in [-0.05, 0) is 18.2 Å². The molecule has 2 rings (SSSR count). The Balaban J connectivity index is 2.10. The van der Waals surface area contributed by atoms with Crippen molar-refractivity contribution in [1.29, 1.82) is 0 Å². The molecule has 0 aliphatic rings.